The quantitative estimate of drug-likeness (QED) is 0.883. The molecule has 3 nitrogen and oxygen atoms in total. The Labute approximate surface area is 115 Å². The van der Waals surface area contributed by atoms with Gasteiger partial charge in [-0.1, -0.05) is 30.3 Å². The minimum atomic E-state index is -0.0350. The first-order chi connectivity index (χ1) is 9.29. The molecule has 1 heterocycles. The molecule has 1 amide bonds. The van der Waals surface area contributed by atoms with Gasteiger partial charge in [-0.2, -0.15) is 0 Å². The molecular weight excluding hydrogens is 238 g/mol. The van der Waals surface area contributed by atoms with Crippen molar-refractivity contribution < 1.29 is 9.90 Å². The molecular formula is C16H23NO2. The second kappa shape index (κ2) is 7.29. The Morgan fingerprint density at radius 3 is 2.53 bits per heavy atom. The van der Waals surface area contributed by atoms with E-state index >= 15 is 0 Å². The summed E-state index contributed by atoms with van der Waals surface area (Å²) in [7, 11) is 0. The smallest absolute Gasteiger partial charge is 0.224 e. The van der Waals surface area contributed by atoms with Gasteiger partial charge in [0.15, 0.2) is 0 Å². The van der Waals surface area contributed by atoms with Crippen LogP contribution in [0.25, 0.3) is 0 Å². The fourth-order valence-electron chi connectivity index (χ4n) is 2.74. The lowest BCUT2D eigenvalue weighted by Crippen LogP contribution is -2.38. The Morgan fingerprint density at radius 1 is 1.21 bits per heavy atom. The van der Waals surface area contributed by atoms with Crippen molar-refractivity contribution in [1.82, 2.24) is 4.90 Å². The summed E-state index contributed by atoms with van der Waals surface area (Å²) in [6.45, 7) is 1.68. The van der Waals surface area contributed by atoms with Crippen molar-refractivity contribution >= 4 is 5.91 Å². The standard InChI is InChI=1S/C16H23NO2/c18-13-10-16(19)17-11-8-15(9-12-17)7-6-14-4-2-1-3-5-14/h1-5,15,18H,6-13H2. The van der Waals surface area contributed by atoms with Crippen molar-refractivity contribution in [3.8, 4) is 0 Å². The molecule has 1 aromatic carbocycles. The van der Waals surface area contributed by atoms with E-state index in [-0.39, 0.29) is 18.9 Å². The van der Waals surface area contributed by atoms with E-state index in [9.17, 15) is 4.79 Å². The third-order valence-corrected chi connectivity index (χ3v) is 3.98. The second-order valence-corrected chi connectivity index (χ2v) is 5.32. The number of aliphatic hydroxyl groups excluding tert-OH is 1. The average Bonchev–Trinajstić information content (AvgIpc) is 2.47. The molecule has 0 aliphatic carbocycles. The number of benzene rings is 1. The van der Waals surface area contributed by atoms with Crippen LogP contribution in [-0.4, -0.2) is 35.6 Å². The van der Waals surface area contributed by atoms with Crippen LogP contribution in [0.1, 0.15) is 31.2 Å². The second-order valence-electron chi connectivity index (χ2n) is 5.32. The summed E-state index contributed by atoms with van der Waals surface area (Å²) >= 11 is 0. The summed E-state index contributed by atoms with van der Waals surface area (Å²) in [6.07, 6.45) is 4.82. The molecule has 1 aromatic rings. The van der Waals surface area contributed by atoms with E-state index in [1.807, 2.05) is 4.90 Å². The predicted molar refractivity (Wildman–Crippen MR) is 75.8 cm³/mol. The summed E-state index contributed by atoms with van der Waals surface area (Å²) < 4.78 is 0. The number of amides is 1. The molecule has 0 saturated carbocycles. The fourth-order valence-corrected chi connectivity index (χ4v) is 2.74. The SMILES string of the molecule is O=C(CCO)N1CCC(CCc2ccccc2)CC1. The van der Waals surface area contributed by atoms with Crippen molar-refractivity contribution in [1.29, 1.82) is 0 Å². The number of carbonyl (C=O) groups excluding carboxylic acids is 1. The van der Waals surface area contributed by atoms with Gasteiger partial charge in [-0.3, -0.25) is 4.79 Å². The van der Waals surface area contributed by atoms with Crippen LogP contribution in [0.4, 0.5) is 0 Å². The first kappa shape index (κ1) is 14.1. The molecule has 0 bridgehead atoms. The molecule has 3 heteroatoms. The van der Waals surface area contributed by atoms with Gasteiger partial charge in [0.1, 0.15) is 0 Å². The number of aryl methyl sites for hydroxylation is 1. The molecule has 0 atom stereocenters. The summed E-state index contributed by atoms with van der Waals surface area (Å²) in [5.41, 5.74) is 1.40. The molecule has 1 aliphatic rings. The van der Waals surface area contributed by atoms with Gasteiger partial charge in [0.25, 0.3) is 0 Å². The topological polar surface area (TPSA) is 40.5 Å². The predicted octanol–water partition coefficient (Wildman–Crippen LogP) is 2.24. The van der Waals surface area contributed by atoms with Gasteiger partial charge in [-0.05, 0) is 37.2 Å². The lowest BCUT2D eigenvalue weighted by Gasteiger charge is -2.32. The highest BCUT2D eigenvalue weighted by molar-refractivity contribution is 5.76. The molecule has 104 valence electrons. The van der Waals surface area contributed by atoms with Gasteiger partial charge in [-0.15, -0.1) is 0 Å². The van der Waals surface area contributed by atoms with E-state index in [2.05, 4.69) is 30.3 Å². The Bertz CT molecular complexity index is 383. The van der Waals surface area contributed by atoms with Gasteiger partial charge < -0.3 is 10.0 Å². The normalized spacial score (nSPS) is 16.6. The van der Waals surface area contributed by atoms with Gasteiger partial charge >= 0.3 is 0 Å². The summed E-state index contributed by atoms with van der Waals surface area (Å²) in [6, 6.07) is 10.6. The third kappa shape index (κ3) is 4.35. The van der Waals surface area contributed by atoms with Gasteiger partial charge in [-0.25, -0.2) is 0 Å². The van der Waals surface area contributed by atoms with Crippen molar-refractivity contribution in [3.05, 3.63) is 35.9 Å². The zero-order valence-electron chi connectivity index (χ0n) is 11.4. The van der Waals surface area contributed by atoms with Gasteiger partial charge in [0.2, 0.25) is 5.91 Å². The van der Waals surface area contributed by atoms with Crippen molar-refractivity contribution in [2.75, 3.05) is 19.7 Å². The molecule has 2 rings (SSSR count). The lowest BCUT2D eigenvalue weighted by molar-refractivity contribution is -0.133. The van der Waals surface area contributed by atoms with E-state index in [4.69, 9.17) is 5.11 Å². The molecule has 1 aliphatic heterocycles. The highest BCUT2D eigenvalue weighted by Gasteiger charge is 2.21. The molecule has 0 radical (unpaired) electrons. The van der Waals surface area contributed by atoms with Crippen LogP contribution >= 0.6 is 0 Å². The molecule has 0 aromatic heterocycles. The van der Waals surface area contributed by atoms with Crippen LogP contribution in [0.5, 0.6) is 0 Å². The monoisotopic (exact) mass is 261 g/mol. The zero-order chi connectivity index (χ0) is 13.5. The van der Waals surface area contributed by atoms with Crippen LogP contribution in [0, 0.1) is 5.92 Å². The van der Waals surface area contributed by atoms with Crippen LogP contribution in [0.3, 0.4) is 0 Å². The molecule has 1 fully saturated rings. The third-order valence-electron chi connectivity index (χ3n) is 3.98. The zero-order valence-corrected chi connectivity index (χ0v) is 11.4. The molecule has 0 spiro atoms. The molecule has 1 N–H and O–H groups in total. The van der Waals surface area contributed by atoms with Crippen molar-refractivity contribution in [2.24, 2.45) is 5.92 Å². The first-order valence-electron chi connectivity index (χ1n) is 7.22. The molecule has 19 heavy (non-hydrogen) atoms. The number of carbonyl (C=O) groups is 1. The van der Waals surface area contributed by atoms with Crippen molar-refractivity contribution in [3.63, 3.8) is 0 Å². The fraction of sp³-hybridized carbons (Fsp3) is 0.562. The number of rotatable bonds is 5. The van der Waals surface area contributed by atoms with E-state index in [0.717, 1.165) is 38.3 Å². The van der Waals surface area contributed by atoms with Crippen LogP contribution in [0.2, 0.25) is 0 Å². The van der Waals surface area contributed by atoms with E-state index < -0.39 is 0 Å². The minimum Gasteiger partial charge on any atom is -0.396 e. The number of nitrogens with zero attached hydrogens (tertiary/aromatic N) is 1. The molecule has 1 saturated heterocycles. The Morgan fingerprint density at radius 2 is 1.89 bits per heavy atom. The maximum Gasteiger partial charge on any atom is 0.224 e. The van der Waals surface area contributed by atoms with Crippen LogP contribution < -0.4 is 0 Å². The number of likely N-dealkylation sites (tertiary alicyclic amines) is 1. The van der Waals surface area contributed by atoms with Crippen LogP contribution in [0.15, 0.2) is 30.3 Å². The number of hydrogen-bond donors (Lipinski definition) is 1. The Kier molecular flexibility index (Phi) is 5.40. The van der Waals surface area contributed by atoms with Crippen molar-refractivity contribution in [2.45, 2.75) is 32.1 Å². The van der Waals surface area contributed by atoms with Crippen LogP contribution in [-0.2, 0) is 11.2 Å². The maximum absolute atomic E-state index is 11.7. The number of aliphatic hydroxyl groups is 1. The van der Waals surface area contributed by atoms with E-state index in [1.165, 1.54) is 12.0 Å². The first-order valence-corrected chi connectivity index (χ1v) is 7.22. The average molecular weight is 261 g/mol. The molecule has 0 unspecified atom stereocenters. The Balaban J connectivity index is 1.70. The highest BCUT2D eigenvalue weighted by Crippen LogP contribution is 2.22. The summed E-state index contributed by atoms with van der Waals surface area (Å²) in [4.78, 5) is 13.5. The van der Waals surface area contributed by atoms with Gasteiger partial charge in [0.05, 0.1) is 6.61 Å². The summed E-state index contributed by atoms with van der Waals surface area (Å²) in [5.74, 6) is 0.836. The van der Waals surface area contributed by atoms with E-state index in [0.29, 0.717) is 0 Å². The van der Waals surface area contributed by atoms with Gasteiger partial charge in [0, 0.05) is 19.5 Å². The van der Waals surface area contributed by atoms with E-state index in [1.54, 1.807) is 0 Å². The lowest BCUT2D eigenvalue weighted by atomic mass is 9.90. The largest absolute Gasteiger partial charge is 0.396 e. The maximum atomic E-state index is 11.7. The summed E-state index contributed by atoms with van der Waals surface area (Å²) in [5, 5.41) is 8.78. The highest BCUT2D eigenvalue weighted by atomic mass is 16.3. The number of piperidine rings is 1. The minimum absolute atomic E-state index is 0.0350. The Hall–Kier alpha value is -1.35. The number of hydrogen-bond acceptors (Lipinski definition) is 2.